The van der Waals surface area contributed by atoms with Crippen molar-refractivity contribution in [3.63, 3.8) is 0 Å². The van der Waals surface area contributed by atoms with Gasteiger partial charge in [-0.25, -0.2) is 0 Å². The molecule has 0 bridgehead atoms. The Morgan fingerprint density at radius 1 is 1.24 bits per heavy atom. The van der Waals surface area contributed by atoms with Crippen molar-refractivity contribution < 1.29 is 0 Å². The molecule has 92 valence electrons. The Hall–Kier alpha value is -1.14. The Bertz CT molecular complexity index is 401. The predicted molar refractivity (Wildman–Crippen MR) is 75.5 cm³/mol. The van der Waals surface area contributed by atoms with Crippen LogP contribution in [0.5, 0.6) is 0 Å². The zero-order valence-electron chi connectivity index (χ0n) is 11.2. The van der Waals surface area contributed by atoms with Gasteiger partial charge in [-0.15, -0.1) is 11.8 Å². The van der Waals surface area contributed by atoms with Gasteiger partial charge in [-0.3, -0.25) is 0 Å². The fraction of sp³-hybridized carbons (Fsp3) is 0.500. The maximum atomic E-state index is 9.10. The van der Waals surface area contributed by atoms with Crippen molar-refractivity contribution in [2.75, 3.05) is 11.9 Å². The Kier molecular flexibility index (Phi) is 4.47. The van der Waals surface area contributed by atoms with E-state index in [1.807, 2.05) is 37.6 Å². The van der Waals surface area contributed by atoms with Gasteiger partial charge in [0.05, 0.1) is 6.07 Å². The highest BCUT2D eigenvalue weighted by molar-refractivity contribution is 7.99. The summed E-state index contributed by atoms with van der Waals surface area (Å²) in [5, 5.41) is 9.70. The minimum Gasteiger partial charge on any atom is -0.357 e. The zero-order valence-corrected chi connectivity index (χ0v) is 12.0. The van der Waals surface area contributed by atoms with Crippen LogP contribution in [0.3, 0.4) is 0 Å². The van der Waals surface area contributed by atoms with E-state index in [0.29, 0.717) is 5.25 Å². The second-order valence-electron chi connectivity index (χ2n) is 4.89. The van der Waals surface area contributed by atoms with Crippen LogP contribution >= 0.6 is 11.8 Å². The molecule has 0 aliphatic carbocycles. The van der Waals surface area contributed by atoms with E-state index in [0.717, 1.165) is 5.69 Å². The maximum Gasteiger partial charge on any atom is 0.121 e. The summed E-state index contributed by atoms with van der Waals surface area (Å²) >= 11 is 1.85. The van der Waals surface area contributed by atoms with Gasteiger partial charge in [0, 0.05) is 22.9 Å². The standard InChI is InChI=1S/C14H20N2S/c1-11(2)17-13-8-6-12(7-9-13)16(5)14(3,4)10-15/h6-9,11H,1-5H3. The third kappa shape index (κ3) is 3.67. The van der Waals surface area contributed by atoms with Gasteiger partial charge in [-0.1, -0.05) is 13.8 Å². The van der Waals surface area contributed by atoms with E-state index in [1.165, 1.54) is 4.90 Å². The summed E-state index contributed by atoms with van der Waals surface area (Å²) in [5.74, 6) is 0. The topological polar surface area (TPSA) is 27.0 Å². The Labute approximate surface area is 109 Å². The van der Waals surface area contributed by atoms with Crippen molar-refractivity contribution in [3.05, 3.63) is 24.3 Å². The summed E-state index contributed by atoms with van der Waals surface area (Å²) < 4.78 is 0. The van der Waals surface area contributed by atoms with Gasteiger partial charge >= 0.3 is 0 Å². The largest absolute Gasteiger partial charge is 0.357 e. The first-order chi connectivity index (χ1) is 7.86. The highest BCUT2D eigenvalue weighted by Gasteiger charge is 2.22. The normalized spacial score (nSPS) is 11.4. The fourth-order valence-electron chi connectivity index (χ4n) is 1.42. The summed E-state index contributed by atoms with van der Waals surface area (Å²) in [7, 11) is 1.95. The molecular formula is C14H20N2S. The van der Waals surface area contributed by atoms with Gasteiger partial charge in [0.25, 0.3) is 0 Å². The quantitative estimate of drug-likeness (QED) is 0.756. The van der Waals surface area contributed by atoms with Gasteiger partial charge in [0.2, 0.25) is 0 Å². The zero-order chi connectivity index (χ0) is 13.1. The van der Waals surface area contributed by atoms with Crippen LogP contribution in [0.15, 0.2) is 29.2 Å². The number of benzene rings is 1. The highest BCUT2D eigenvalue weighted by atomic mass is 32.2. The number of rotatable bonds is 4. The molecule has 0 radical (unpaired) electrons. The Morgan fingerprint density at radius 2 is 1.76 bits per heavy atom. The summed E-state index contributed by atoms with van der Waals surface area (Å²) in [6, 6.07) is 10.7. The first-order valence-corrected chi connectivity index (χ1v) is 6.66. The van der Waals surface area contributed by atoms with Crippen LogP contribution < -0.4 is 4.90 Å². The molecule has 0 aromatic heterocycles. The van der Waals surface area contributed by atoms with E-state index >= 15 is 0 Å². The first-order valence-electron chi connectivity index (χ1n) is 5.78. The number of hydrogen-bond donors (Lipinski definition) is 0. The minimum absolute atomic E-state index is 0.479. The number of hydrogen-bond acceptors (Lipinski definition) is 3. The molecule has 0 amide bonds. The second kappa shape index (κ2) is 5.46. The van der Waals surface area contributed by atoms with E-state index in [-0.39, 0.29) is 0 Å². The summed E-state index contributed by atoms with van der Waals surface area (Å²) in [6.07, 6.45) is 0. The molecule has 1 aromatic rings. The van der Waals surface area contributed by atoms with Crippen LogP contribution in [0.25, 0.3) is 0 Å². The predicted octanol–water partition coefficient (Wildman–Crippen LogP) is 3.93. The number of thioether (sulfide) groups is 1. The van der Waals surface area contributed by atoms with Gasteiger partial charge < -0.3 is 4.90 Å². The molecule has 0 saturated heterocycles. The highest BCUT2D eigenvalue weighted by Crippen LogP contribution is 2.27. The van der Waals surface area contributed by atoms with Crippen molar-refractivity contribution in [1.82, 2.24) is 0 Å². The molecule has 0 saturated carbocycles. The van der Waals surface area contributed by atoms with Crippen molar-refractivity contribution in [2.45, 2.75) is 43.4 Å². The molecular weight excluding hydrogens is 228 g/mol. The van der Waals surface area contributed by atoms with E-state index in [1.54, 1.807) is 0 Å². The maximum absolute atomic E-state index is 9.10. The van der Waals surface area contributed by atoms with Crippen LogP contribution in [-0.2, 0) is 0 Å². The lowest BCUT2D eigenvalue weighted by atomic mass is 10.1. The molecule has 0 unspecified atom stereocenters. The molecule has 0 spiro atoms. The van der Waals surface area contributed by atoms with Crippen LogP contribution in [0, 0.1) is 11.3 Å². The van der Waals surface area contributed by atoms with Gasteiger partial charge in [0.15, 0.2) is 0 Å². The van der Waals surface area contributed by atoms with Crippen molar-refractivity contribution in [1.29, 1.82) is 5.26 Å². The second-order valence-corrected chi connectivity index (χ2v) is 6.54. The molecule has 2 nitrogen and oxygen atoms in total. The van der Waals surface area contributed by atoms with Gasteiger partial charge in [-0.2, -0.15) is 5.26 Å². The fourth-order valence-corrected chi connectivity index (χ4v) is 2.26. The van der Waals surface area contributed by atoms with Crippen LogP contribution in [0.1, 0.15) is 27.7 Å². The third-order valence-corrected chi connectivity index (χ3v) is 3.72. The molecule has 0 heterocycles. The average Bonchev–Trinajstić information content (AvgIpc) is 2.28. The van der Waals surface area contributed by atoms with E-state index in [2.05, 4.69) is 44.2 Å². The SMILES string of the molecule is CC(C)Sc1ccc(N(C)C(C)(C)C#N)cc1. The summed E-state index contributed by atoms with van der Waals surface area (Å²) in [4.78, 5) is 3.27. The van der Waals surface area contributed by atoms with E-state index < -0.39 is 5.54 Å². The number of nitriles is 1. The van der Waals surface area contributed by atoms with E-state index in [4.69, 9.17) is 5.26 Å². The molecule has 0 aliphatic rings. The number of anilines is 1. The number of nitrogens with zero attached hydrogens (tertiary/aromatic N) is 2. The van der Waals surface area contributed by atoms with Crippen LogP contribution in [0.2, 0.25) is 0 Å². The monoisotopic (exact) mass is 248 g/mol. The van der Waals surface area contributed by atoms with Crippen molar-refractivity contribution in [2.24, 2.45) is 0 Å². The lowest BCUT2D eigenvalue weighted by Crippen LogP contribution is -2.39. The third-order valence-electron chi connectivity index (χ3n) is 2.71. The van der Waals surface area contributed by atoms with Gasteiger partial charge in [-0.05, 0) is 38.1 Å². The molecule has 0 fully saturated rings. The molecule has 3 heteroatoms. The molecule has 1 rings (SSSR count). The Balaban J connectivity index is 2.85. The lowest BCUT2D eigenvalue weighted by Gasteiger charge is -2.31. The summed E-state index contributed by atoms with van der Waals surface area (Å²) in [5.41, 5.74) is 0.594. The molecule has 17 heavy (non-hydrogen) atoms. The van der Waals surface area contributed by atoms with E-state index in [9.17, 15) is 0 Å². The molecule has 0 atom stereocenters. The Morgan fingerprint density at radius 3 is 2.18 bits per heavy atom. The van der Waals surface area contributed by atoms with Crippen molar-refractivity contribution in [3.8, 4) is 6.07 Å². The first kappa shape index (κ1) is 13.9. The molecule has 1 aromatic carbocycles. The minimum atomic E-state index is -0.479. The molecule has 0 N–H and O–H groups in total. The van der Waals surface area contributed by atoms with Crippen LogP contribution in [0.4, 0.5) is 5.69 Å². The lowest BCUT2D eigenvalue weighted by molar-refractivity contribution is 0.617. The summed E-state index contributed by atoms with van der Waals surface area (Å²) in [6.45, 7) is 8.21. The van der Waals surface area contributed by atoms with Crippen molar-refractivity contribution >= 4 is 17.4 Å². The average molecular weight is 248 g/mol. The van der Waals surface area contributed by atoms with Gasteiger partial charge in [0.1, 0.15) is 5.54 Å². The molecule has 0 aliphatic heterocycles. The van der Waals surface area contributed by atoms with Crippen LogP contribution in [-0.4, -0.2) is 17.8 Å². The smallest absolute Gasteiger partial charge is 0.121 e.